The molecule has 1 aliphatic rings. The minimum absolute atomic E-state index is 0.0266. The van der Waals surface area contributed by atoms with E-state index in [-0.39, 0.29) is 29.7 Å². The Hall–Kier alpha value is -2.83. The summed E-state index contributed by atoms with van der Waals surface area (Å²) < 4.78 is 35.9. The Morgan fingerprint density at radius 1 is 1.26 bits per heavy atom. The number of carbonyl (C=O) groups is 3. The number of hydrogen-bond donors (Lipinski definition) is 5. The van der Waals surface area contributed by atoms with Crippen molar-refractivity contribution < 1.29 is 37.4 Å². The quantitative estimate of drug-likeness (QED) is 0.312. The van der Waals surface area contributed by atoms with Crippen molar-refractivity contribution in [3.8, 4) is 0 Å². The van der Waals surface area contributed by atoms with Gasteiger partial charge in [0.25, 0.3) is 5.91 Å². The van der Waals surface area contributed by atoms with Crippen molar-refractivity contribution in [3.05, 3.63) is 47.3 Å². The van der Waals surface area contributed by atoms with Crippen LogP contribution in [-0.2, 0) is 19.4 Å². The lowest BCUT2D eigenvalue weighted by molar-refractivity contribution is -0.125. The predicted molar refractivity (Wildman–Crippen MR) is 108 cm³/mol. The van der Waals surface area contributed by atoms with E-state index in [0.29, 0.717) is 0 Å². The third-order valence-corrected chi connectivity index (χ3v) is 5.65. The first kappa shape index (κ1) is 24.4. The van der Waals surface area contributed by atoms with Crippen LogP contribution in [0, 0.1) is 5.82 Å². The zero-order valence-corrected chi connectivity index (χ0v) is 17.4. The summed E-state index contributed by atoms with van der Waals surface area (Å²) in [6.45, 7) is 0. The van der Waals surface area contributed by atoms with E-state index in [1.54, 1.807) is 0 Å². The van der Waals surface area contributed by atoms with E-state index in [9.17, 15) is 37.4 Å². The summed E-state index contributed by atoms with van der Waals surface area (Å²) in [5.74, 6) is -3.51. The molecule has 1 aromatic rings. The standard InChI is InChI=1S/C19H24FN3O7S/c1-31(29,30)6-5-13(17(21)26)22-19(28)11-8-14(16(25)15(24)9-11)23-18(27)10-3-2-4-12(20)7-10/h2-4,7-8,13-16,24-25H,5-6,9H2,1H3,(H2,21,26)(H,22,28)(H,23,27)/t13-,14+,15+,16+/m0/s1. The van der Waals surface area contributed by atoms with Crippen LogP contribution in [0.2, 0.25) is 0 Å². The number of aliphatic hydroxyl groups excluding tert-OH is 2. The van der Waals surface area contributed by atoms with Gasteiger partial charge < -0.3 is 26.6 Å². The highest BCUT2D eigenvalue weighted by Crippen LogP contribution is 2.21. The average molecular weight is 457 g/mol. The summed E-state index contributed by atoms with van der Waals surface area (Å²) in [6, 6.07) is 2.36. The predicted octanol–water partition coefficient (Wildman–Crippen LogP) is -1.62. The Bertz CT molecular complexity index is 996. The number of nitrogens with two attached hydrogens (primary N) is 1. The van der Waals surface area contributed by atoms with Gasteiger partial charge in [-0.25, -0.2) is 12.8 Å². The van der Waals surface area contributed by atoms with Gasteiger partial charge in [0.05, 0.1) is 17.9 Å². The van der Waals surface area contributed by atoms with E-state index >= 15 is 0 Å². The van der Waals surface area contributed by atoms with E-state index < -0.39 is 57.7 Å². The smallest absolute Gasteiger partial charge is 0.251 e. The number of carbonyl (C=O) groups excluding carboxylic acids is 3. The second kappa shape index (κ2) is 9.98. The van der Waals surface area contributed by atoms with Crippen molar-refractivity contribution >= 4 is 27.6 Å². The summed E-state index contributed by atoms with van der Waals surface area (Å²) in [5, 5.41) is 25.0. The Morgan fingerprint density at radius 3 is 2.52 bits per heavy atom. The van der Waals surface area contributed by atoms with Gasteiger partial charge in [0.2, 0.25) is 11.8 Å². The fourth-order valence-corrected chi connectivity index (χ4v) is 3.66. The van der Waals surface area contributed by atoms with Crippen LogP contribution < -0.4 is 16.4 Å². The van der Waals surface area contributed by atoms with Crippen molar-refractivity contribution in [2.24, 2.45) is 5.73 Å². The van der Waals surface area contributed by atoms with Gasteiger partial charge in [-0.1, -0.05) is 12.1 Å². The Morgan fingerprint density at radius 2 is 1.94 bits per heavy atom. The molecule has 0 saturated carbocycles. The van der Waals surface area contributed by atoms with Crippen molar-refractivity contribution in [1.29, 1.82) is 0 Å². The van der Waals surface area contributed by atoms with E-state index in [1.807, 2.05) is 0 Å². The van der Waals surface area contributed by atoms with Crippen LogP contribution in [0.5, 0.6) is 0 Å². The van der Waals surface area contributed by atoms with E-state index in [0.717, 1.165) is 18.4 Å². The summed E-state index contributed by atoms with van der Waals surface area (Å²) in [6.07, 6.45) is -1.19. The molecule has 10 nitrogen and oxygen atoms in total. The molecule has 0 aromatic heterocycles. The molecule has 1 aliphatic carbocycles. The molecule has 0 unspecified atom stereocenters. The van der Waals surface area contributed by atoms with Crippen LogP contribution in [0.3, 0.4) is 0 Å². The highest BCUT2D eigenvalue weighted by Gasteiger charge is 2.34. The fraction of sp³-hybridized carbons (Fsp3) is 0.421. The van der Waals surface area contributed by atoms with Gasteiger partial charge in [-0.2, -0.15) is 0 Å². The second-order valence-corrected chi connectivity index (χ2v) is 9.57. The van der Waals surface area contributed by atoms with Crippen LogP contribution in [0.15, 0.2) is 35.9 Å². The largest absolute Gasteiger partial charge is 0.390 e. The molecule has 170 valence electrons. The molecular formula is C19H24FN3O7S. The van der Waals surface area contributed by atoms with Crippen molar-refractivity contribution in [1.82, 2.24) is 10.6 Å². The molecule has 2 rings (SSSR count). The van der Waals surface area contributed by atoms with E-state index in [2.05, 4.69) is 10.6 Å². The summed E-state index contributed by atoms with van der Waals surface area (Å²) in [4.78, 5) is 36.4. The number of rotatable bonds is 8. The van der Waals surface area contributed by atoms with Crippen molar-refractivity contribution in [3.63, 3.8) is 0 Å². The molecule has 0 bridgehead atoms. The van der Waals surface area contributed by atoms with Crippen LogP contribution in [0.4, 0.5) is 4.39 Å². The minimum atomic E-state index is -3.40. The SMILES string of the molecule is CS(=O)(=O)CC[C@H](NC(=O)C1=C[C@@H](NC(=O)c2cccc(F)c2)[C@@H](O)[C@H](O)C1)C(N)=O. The zero-order valence-electron chi connectivity index (χ0n) is 16.6. The van der Waals surface area contributed by atoms with E-state index in [1.165, 1.54) is 18.2 Å². The number of nitrogens with one attached hydrogen (secondary N) is 2. The molecule has 12 heteroatoms. The zero-order chi connectivity index (χ0) is 23.3. The maximum atomic E-state index is 13.3. The Balaban J connectivity index is 2.15. The molecule has 4 atom stereocenters. The number of amides is 3. The molecule has 0 radical (unpaired) electrons. The summed E-state index contributed by atoms with van der Waals surface area (Å²) in [5.41, 5.74) is 5.14. The normalized spacial score (nSPS) is 22.2. The second-order valence-electron chi connectivity index (χ2n) is 7.31. The molecule has 6 N–H and O–H groups in total. The minimum Gasteiger partial charge on any atom is -0.390 e. The highest BCUT2D eigenvalue weighted by atomic mass is 32.2. The van der Waals surface area contributed by atoms with Gasteiger partial charge in [0, 0.05) is 23.8 Å². The first-order valence-corrected chi connectivity index (χ1v) is 11.3. The Kier molecular flexibility index (Phi) is 7.87. The lowest BCUT2D eigenvalue weighted by Gasteiger charge is -2.31. The van der Waals surface area contributed by atoms with Crippen LogP contribution in [-0.4, -0.2) is 72.7 Å². The fourth-order valence-electron chi connectivity index (χ4n) is 3.00. The Labute approximate surface area is 178 Å². The maximum Gasteiger partial charge on any atom is 0.251 e. The van der Waals surface area contributed by atoms with E-state index in [4.69, 9.17) is 5.73 Å². The maximum absolute atomic E-state index is 13.3. The number of aliphatic hydroxyl groups is 2. The molecule has 1 aromatic carbocycles. The monoisotopic (exact) mass is 457 g/mol. The highest BCUT2D eigenvalue weighted by molar-refractivity contribution is 7.90. The molecule has 0 fully saturated rings. The molecule has 0 spiro atoms. The molecule has 3 amide bonds. The lowest BCUT2D eigenvalue weighted by Crippen LogP contribution is -2.52. The summed E-state index contributed by atoms with van der Waals surface area (Å²) in [7, 11) is -3.40. The van der Waals surface area contributed by atoms with Crippen molar-refractivity contribution in [2.45, 2.75) is 37.1 Å². The van der Waals surface area contributed by atoms with Crippen LogP contribution in [0.25, 0.3) is 0 Å². The average Bonchev–Trinajstić information content (AvgIpc) is 2.67. The molecule has 0 aliphatic heterocycles. The molecule has 31 heavy (non-hydrogen) atoms. The number of benzene rings is 1. The number of hydrogen-bond acceptors (Lipinski definition) is 7. The van der Waals surface area contributed by atoms with Gasteiger partial charge >= 0.3 is 0 Å². The number of sulfone groups is 1. The topological polar surface area (TPSA) is 176 Å². The first-order chi connectivity index (χ1) is 14.4. The van der Waals surface area contributed by atoms with Crippen molar-refractivity contribution in [2.75, 3.05) is 12.0 Å². The summed E-state index contributed by atoms with van der Waals surface area (Å²) >= 11 is 0. The van der Waals surface area contributed by atoms with Crippen LogP contribution in [0.1, 0.15) is 23.2 Å². The van der Waals surface area contributed by atoms with Gasteiger partial charge in [-0.05, 0) is 24.6 Å². The lowest BCUT2D eigenvalue weighted by atomic mass is 9.89. The van der Waals surface area contributed by atoms with Gasteiger partial charge in [-0.3, -0.25) is 14.4 Å². The van der Waals surface area contributed by atoms with Crippen LogP contribution >= 0.6 is 0 Å². The van der Waals surface area contributed by atoms with Gasteiger partial charge in [0.1, 0.15) is 27.8 Å². The van der Waals surface area contributed by atoms with Gasteiger partial charge in [0.15, 0.2) is 0 Å². The third-order valence-electron chi connectivity index (χ3n) is 4.67. The third kappa shape index (κ3) is 7.12. The molecular weight excluding hydrogens is 433 g/mol. The number of primary amides is 1. The number of halogens is 1. The van der Waals surface area contributed by atoms with Gasteiger partial charge in [-0.15, -0.1) is 0 Å². The molecule has 0 saturated heterocycles. The first-order valence-electron chi connectivity index (χ1n) is 9.28. The molecule has 0 heterocycles.